The third kappa shape index (κ3) is 5.04. The first-order valence-corrected chi connectivity index (χ1v) is 6.73. The van der Waals surface area contributed by atoms with E-state index in [1.807, 2.05) is 0 Å². The lowest BCUT2D eigenvalue weighted by molar-refractivity contribution is 0.0563. The van der Waals surface area contributed by atoms with Crippen molar-refractivity contribution in [1.29, 1.82) is 0 Å². The van der Waals surface area contributed by atoms with Gasteiger partial charge >= 0.3 is 5.97 Å². The van der Waals surface area contributed by atoms with Crippen molar-refractivity contribution >= 4 is 5.97 Å². The van der Waals surface area contributed by atoms with E-state index in [1.54, 1.807) is 12.1 Å². The normalized spacial score (nSPS) is 12.7. The van der Waals surface area contributed by atoms with E-state index in [4.69, 9.17) is 4.42 Å². The summed E-state index contributed by atoms with van der Waals surface area (Å²) in [7, 11) is 1.34. The van der Waals surface area contributed by atoms with Crippen LogP contribution in [0.3, 0.4) is 0 Å². The zero-order chi connectivity index (χ0) is 14.3. The lowest BCUT2D eigenvalue weighted by atomic mass is 10.3. The molecule has 1 aromatic heterocycles. The van der Waals surface area contributed by atoms with Gasteiger partial charge in [0, 0.05) is 12.6 Å². The van der Waals surface area contributed by atoms with E-state index in [0.717, 1.165) is 25.4 Å². The Hall–Kier alpha value is -1.33. The molecule has 1 atom stereocenters. The molecule has 19 heavy (non-hydrogen) atoms. The number of nitrogens with one attached hydrogen (secondary N) is 1. The summed E-state index contributed by atoms with van der Waals surface area (Å²) in [6.07, 6.45) is 0. The highest BCUT2D eigenvalue weighted by Crippen LogP contribution is 2.09. The molecule has 0 saturated carbocycles. The zero-order valence-electron chi connectivity index (χ0n) is 12.2. The summed E-state index contributed by atoms with van der Waals surface area (Å²) in [6, 6.07) is 3.80. The molecule has 108 valence electrons. The fourth-order valence-corrected chi connectivity index (χ4v) is 1.89. The molecule has 0 aliphatic rings. The van der Waals surface area contributed by atoms with Gasteiger partial charge in [0.1, 0.15) is 5.76 Å². The van der Waals surface area contributed by atoms with Crippen LogP contribution in [0.1, 0.15) is 37.1 Å². The molecule has 1 unspecified atom stereocenters. The standard InChI is InChI=1S/C14H24N2O3/c1-5-16(6-2)10-11(3)15-9-12-7-8-13(19-12)14(17)18-4/h7-8,11,15H,5-6,9-10H2,1-4H3. The van der Waals surface area contributed by atoms with E-state index in [1.165, 1.54) is 7.11 Å². The van der Waals surface area contributed by atoms with E-state index in [9.17, 15) is 4.79 Å². The molecular weight excluding hydrogens is 244 g/mol. The van der Waals surface area contributed by atoms with Crippen LogP contribution in [-0.2, 0) is 11.3 Å². The molecule has 1 N–H and O–H groups in total. The van der Waals surface area contributed by atoms with Crippen LogP contribution in [0.2, 0.25) is 0 Å². The fourth-order valence-electron chi connectivity index (χ4n) is 1.89. The summed E-state index contributed by atoms with van der Waals surface area (Å²) < 4.78 is 9.99. The number of hydrogen-bond acceptors (Lipinski definition) is 5. The van der Waals surface area contributed by atoms with E-state index in [0.29, 0.717) is 12.6 Å². The van der Waals surface area contributed by atoms with Crippen molar-refractivity contribution in [3.05, 3.63) is 23.7 Å². The number of ether oxygens (including phenoxy) is 1. The Bertz CT molecular complexity index is 386. The zero-order valence-corrected chi connectivity index (χ0v) is 12.2. The molecule has 1 aromatic rings. The molecule has 0 fully saturated rings. The monoisotopic (exact) mass is 268 g/mol. The minimum Gasteiger partial charge on any atom is -0.463 e. The number of furan rings is 1. The average molecular weight is 268 g/mol. The highest BCUT2D eigenvalue weighted by molar-refractivity contribution is 5.86. The van der Waals surface area contributed by atoms with Gasteiger partial charge in [0.25, 0.3) is 0 Å². The maximum Gasteiger partial charge on any atom is 0.373 e. The molecule has 0 spiro atoms. The number of hydrogen-bond donors (Lipinski definition) is 1. The molecule has 0 radical (unpaired) electrons. The lowest BCUT2D eigenvalue weighted by Gasteiger charge is -2.23. The van der Waals surface area contributed by atoms with Crippen LogP contribution in [0.4, 0.5) is 0 Å². The topological polar surface area (TPSA) is 54.7 Å². The SMILES string of the molecule is CCN(CC)CC(C)NCc1ccc(C(=O)OC)o1. The smallest absolute Gasteiger partial charge is 0.373 e. The molecule has 5 nitrogen and oxygen atoms in total. The first-order chi connectivity index (χ1) is 9.10. The Morgan fingerprint density at radius 3 is 2.68 bits per heavy atom. The van der Waals surface area contributed by atoms with Gasteiger partial charge in [0.05, 0.1) is 13.7 Å². The van der Waals surface area contributed by atoms with Gasteiger partial charge in [-0.1, -0.05) is 13.8 Å². The second kappa shape index (κ2) is 7.96. The Morgan fingerprint density at radius 2 is 2.11 bits per heavy atom. The maximum absolute atomic E-state index is 11.2. The van der Waals surface area contributed by atoms with Gasteiger partial charge in [-0.15, -0.1) is 0 Å². The number of carbonyl (C=O) groups is 1. The fraction of sp³-hybridized carbons (Fsp3) is 0.643. The van der Waals surface area contributed by atoms with Gasteiger partial charge in [-0.2, -0.15) is 0 Å². The summed E-state index contributed by atoms with van der Waals surface area (Å²) in [4.78, 5) is 13.6. The molecule has 1 rings (SSSR count). The number of rotatable bonds is 8. The van der Waals surface area contributed by atoms with Crippen molar-refractivity contribution in [2.45, 2.75) is 33.4 Å². The molecule has 0 aliphatic carbocycles. The Labute approximate surface area is 114 Å². The molecule has 1 heterocycles. The summed E-state index contributed by atoms with van der Waals surface area (Å²) >= 11 is 0. The maximum atomic E-state index is 11.2. The van der Waals surface area contributed by atoms with Crippen molar-refractivity contribution in [3.8, 4) is 0 Å². The minimum atomic E-state index is -0.442. The largest absolute Gasteiger partial charge is 0.463 e. The molecule has 0 bridgehead atoms. The van der Waals surface area contributed by atoms with Crippen LogP contribution in [-0.4, -0.2) is 43.7 Å². The van der Waals surface area contributed by atoms with Crippen LogP contribution < -0.4 is 5.32 Å². The molecule has 0 amide bonds. The number of carbonyl (C=O) groups excluding carboxylic acids is 1. The van der Waals surface area contributed by atoms with Crippen molar-refractivity contribution in [3.63, 3.8) is 0 Å². The second-order valence-corrected chi connectivity index (χ2v) is 4.53. The third-order valence-electron chi connectivity index (χ3n) is 3.10. The summed E-state index contributed by atoms with van der Waals surface area (Å²) in [5, 5.41) is 3.38. The van der Waals surface area contributed by atoms with Crippen molar-refractivity contribution in [2.24, 2.45) is 0 Å². The predicted octanol–water partition coefficient (Wildman–Crippen LogP) is 1.89. The summed E-state index contributed by atoms with van der Waals surface area (Å²) in [6.45, 7) is 10.2. The van der Waals surface area contributed by atoms with Crippen LogP contribution in [0.15, 0.2) is 16.5 Å². The van der Waals surface area contributed by atoms with Crippen LogP contribution in [0, 0.1) is 0 Å². The van der Waals surface area contributed by atoms with Crippen molar-refractivity contribution in [2.75, 3.05) is 26.7 Å². The van der Waals surface area contributed by atoms with Crippen molar-refractivity contribution < 1.29 is 13.9 Å². The molecule has 0 saturated heterocycles. The minimum absolute atomic E-state index is 0.246. The molecule has 5 heteroatoms. The number of methoxy groups -OCH3 is 1. The van der Waals surface area contributed by atoms with Crippen LogP contribution in [0.25, 0.3) is 0 Å². The van der Waals surface area contributed by atoms with Crippen molar-refractivity contribution in [1.82, 2.24) is 10.2 Å². The van der Waals surface area contributed by atoms with Gasteiger partial charge in [-0.25, -0.2) is 4.79 Å². The van der Waals surface area contributed by atoms with E-state index >= 15 is 0 Å². The molecule has 0 aromatic carbocycles. The number of esters is 1. The third-order valence-corrected chi connectivity index (χ3v) is 3.10. The Kier molecular flexibility index (Phi) is 6.59. The summed E-state index contributed by atoms with van der Waals surface area (Å²) in [5.41, 5.74) is 0. The Balaban J connectivity index is 2.39. The lowest BCUT2D eigenvalue weighted by Crippen LogP contribution is -2.38. The van der Waals surface area contributed by atoms with Gasteiger partial charge in [-0.05, 0) is 32.1 Å². The predicted molar refractivity (Wildman–Crippen MR) is 74.1 cm³/mol. The number of nitrogens with zero attached hydrogens (tertiary/aromatic N) is 1. The van der Waals surface area contributed by atoms with Gasteiger partial charge < -0.3 is 19.4 Å². The van der Waals surface area contributed by atoms with E-state index in [2.05, 4.69) is 35.7 Å². The van der Waals surface area contributed by atoms with E-state index < -0.39 is 5.97 Å². The highest BCUT2D eigenvalue weighted by Gasteiger charge is 2.12. The van der Waals surface area contributed by atoms with Gasteiger partial charge in [0.15, 0.2) is 0 Å². The summed E-state index contributed by atoms with van der Waals surface area (Å²) in [5.74, 6) is 0.546. The average Bonchev–Trinajstić information content (AvgIpc) is 2.90. The van der Waals surface area contributed by atoms with E-state index in [-0.39, 0.29) is 5.76 Å². The van der Waals surface area contributed by atoms with Crippen LogP contribution >= 0.6 is 0 Å². The molecule has 0 aliphatic heterocycles. The Morgan fingerprint density at radius 1 is 1.42 bits per heavy atom. The molecular formula is C14H24N2O3. The second-order valence-electron chi connectivity index (χ2n) is 4.53. The van der Waals surface area contributed by atoms with Crippen LogP contribution in [0.5, 0.6) is 0 Å². The first-order valence-electron chi connectivity index (χ1n) is 6.73. The van der Waals surface area contributed by atoms with Gasteiger partial charge in [0.2, 0.25) is 5.76 Å². The highest BCUT2D eigenvalue weighted by atomic mass is 16.5. The number of likely N-dealkylation sites (N-methyl/N-ethyl adjacent to an activating group) is 1. The first kappa shape index (κ1) is 15.7. The quantitative estimate of drug-likeness (QED) is 0.730. The van der Waals surface area contributed by atoms with Gasteiger partial charge in [-0.3, -0.25) is 0 Å².